The predicted octanol–water partition coefficient (Wildman–Crippen LogP) is 4.14. The molecule has 0 bridgehead atoms. The summed E-state index contributed by atoms with van der Waals surface area (Å²) in [5.74, 6) is -0.199. The van der Waals surface area contributed by atoms with Gasteiger partial charge in [0.1, 0.15) is 0 Å². The summed E-state index contributed by atoms with van der Waals surface area (Å²) >= 11 is 0. The number of nitrogens with zero attached hydrogens (tertiary/aromatic N) is 2. The van der Waals surface area contributed by atoms with Crippen LogP contribution in [-0.4, -0.2) is 49.2 Å². The van der Waals surface area contributed by atoms with Crippen molar-refractivity contribution in [3.8, 4) is 0 Å². The topological polar surface area (TPSA) is 126 Å². The van der Waals surface area contributed by atoms with Crippen LogP contribution >= 0.6 is 0 Å². The van der Waals surface area contributed by atoms with Gasteiger partial charge in [0, 0.05) is 55.4 Å². The van der Waals surface area contributed by atoms with Gasteiger partial charge < -0.3 is 25.6 Å². The van der Waals surface area contributed by atoms with Crippen molar-refractivity contribution in [1.29, 1.82) is 0 Å². The second kappa shape index (κ2) is 11.0. The quantitative estimate of drug-likeness (QED) is 0.415. The van der Waals surface area contributed by atoms with E-state index in [-0.39, 0.29) is 17.7 Å². The monoisotopic (exact) mass is 467 g/mol. The fraction of sp³-hybridized carbons (Fsp3) is 0.417. The van der Waals surface area contributed by atoms with Crippen molar-refractivity contribution in [2.45, 2.75) is 38.2 Å². The molecule has 180 valence electrons. The molecule has 1 atom stereocenters. The molecule has 4 rings (SSSR count). The van der Waals surface area contributed by atoms with Gasteiger partial charge >= 0.3 is 6.03 Å². The number of benzene rings is 2. The minimum atomic E-state index is -0.509. The van der Waals surface area contributed by atoms with Gasteiger partial charge in [0.25, 0.3) is 11.6 Å². The molecule has 2 heterocycles. The van der Waals surface area contributed by atoms with Crippen LogP contribution < -0.4 is 20.9 Å². The molecule has 0 aliphatic carbocycles. The molecule has 3 N–H and O–H groups in total. The average Bonchev–Trinajstić information content (AvgIpc) is 3.37. The Kier molecular flexibility index (Phi) is 7.58. The molecule has 2 fully saturated rings. The molecular weight excluding hydrogens is 438 g/mol. The largest absolute Gasteiger partial charge is 0.376 e. The summed E-state index contributed by atoms with van der Waals surface area (Å²) in [6, 6.07) is 10.4. The molecule has 3 amide bonds. The Labute approximate surface area is 197 Å². The van der Waals surface area contributed by atoms with E-state index < -0.39 is 11.0 Å². The number of nitro groups is 1. The van der Waals surface area contributed by atoms with E-state index >= 15 is 0 Å². The van der Waals surface area contributed by atoms with Crippen LogP contribution in [-0.2, 0) is 4.74 Å². The van der Waals surface area contributed by atoms with E-state index in [9.17, 15) is 19.7 Å². The zero-order valence-corrected chi connectivity index (χ0v) is 18.9. The Morgan fingerprint density at radius 3 is 2.38 bits per heavy atom. The predicted molar refractivity (Wildman–Crippen MR) is 130 cm³/mol. The molecule has 1 unspecified atom stereocenters. The Morgan fingerprint density at radius 2 is 1.71 bits per heavy atom. The maximum atomic E-state index is 13.1. The first-order chi connectivity index (χ1) is 16.5. The third-order valence-electron chi connectivity index (χ3n) is 6.05. The lowest BCUT2D eigenvalue weighted by atomic mass is 10.1. The van der Waals surface area contributed by atoms with Crippen LogP contribution in [0.2, 0.25) is 0 Å². The van der Waals surface area contributed by atoms with Crippen molar-refractivity contribution in [3.05, 3.63) is 58.1 Å². The first kappa shape index (κ1) is 23.5. The zero-order chi connectivity index (χ0) is 23.9. The number of anilines is 3. The molecule has 0 saturated carbocycles. The zero-order valence-electron chi connectivity index (χ0n) is 18.9. The van der Waals surface area contributed by atoms with E-state index in [0.29, 0.717) is 23.5 Å². The minimum absolute atomic E-state index is 0.0381. The van der Waals surface area contributed by atoms with Gasteiger partial charge in [0.15, 0.2) is 0 Å². The number of piperidine rings is 1. The lowest BCUT2D eigenvalue weighted by molar-refractivity contribution is -0.384. The second-order valence-corrected chi connectivity index (χ2v) is 8.51. The molecular formula is C24H29N5O5. The molecule has 0 spiro atoms. The van der Waals surface area contributed by atoms with Gasteiger partial charge in [-0.05, 0) is 62.4 Å². The molecule has 2 aliphatic rings. The first-order valence-electron chi connectivity index (χ1n) is 11.6. The van der Waals surface area contributed by atoms with Crippen LogP contribution in [0.25, 0.3) is 0 Å². The maximum absolute atomic E-state index is 13.1. The molecule has 2 aromatic carbocycles. The second-order valence-electron chi connectivity index (χ2n) is 8.51. The molecule has 0 aromatic heterocycles. The number of urea groups is 1. The van der Waals surface area contributed by atoms with Crippen LogP contribution in [0.3, 0.4) is 0 Å². The highest BCUT2D eigenvalue weighted by Crippen LogP contribution is 2.28. The number of hydrogen-bond donors (Lipinski definition) is 3. The van der Waals surface area contributed by atoms with Gasteiger partial charge in [-0.3, -0.25) is 14.9 Å². The standard InChI is InChI=1S/C24H29N5O5/c30-23(25-16-20-5-4-14-34-20)21-15-18(8-11-22(21)28-12-2-1-3-13-28)27-24(31)26-17-6-9-19(10-7-17)29(32)33/h6-11,15,20H,1-5,12-14,16H2,(H,25,30)(H2,26,27,31). The number of amides is 3. The van der Waals surface area contributed by atoms with E-state index in [1.807, 2.05) is 6.07 Å². The van der Waals surface area contributed by atoms with E-state index in [0.717, 1.165) is 51.1 Å². The third-order valence-corrected chi connectivity index (χ3v) is 6.05. The lowest BCUT2D eigenvalue weighted by Gasteiger charge is -2.30. The normalized spacial score (nSPS) is 17.8. The SMILES string of the molecule is O=C(Nc1ccc([N+](=O)[O-])cc1)Nc1ccc(N2CCCCC2)c(C(=O)NCC2CCCO2)c1. The highest BCUT2D eigenvalue weighted by atomic mass is 16.6. The number of carbonyl (C=O) groups is 2. The minimum Gasteiger partial charge on any atom is -0.376 e. The third kappa shape index (κ3) is 6.02. The van der Waals surface area contributed by atoms with Gasteiger partial charge in [0.05, 0.1) is 16.6 Å². The van der Waals surface area contributed by atoms with Crippen LogP contribution in [0.15, 0.2) is 42.5 Å². The van der Waals surface area contributed by atoms with Crippen LogP contribution in [0.5, 0.6) is 0 Å². The number of hydrogen-bond acceptors (Lipinski definition) is 6. The molecule has 2 aliphatic heterocycles. The fourth-order valence-corrected chi connectivity index (χ4v) is 4.27. The van der Waals surface area contributed by atoms with Gasteiger partial charge in [-0.25, -0.2) is 4.79 Å². The summed E-state index contributed by atoms with van der Waals surface area (Å²) < 4.78 is 5.61. The highest BCUT2D eigenvalue weighted by molar-refractivity contribution is 6.04. The Hall–Kier alpha value is -3.66. The summed E-state index contributed by atoms with van der Waals surface area (Å²) in [6.07, 6.45) is 5.31. The average molecular weight is 468 g/mol. The smallest absolute Gasteiger partial charge is 0.323 e. The summed E-state index contributed by atoms with van der Waals surface area (Å²) in [5.41, 5.74) is 2.20. The van der Waals surface area contributed by atoms with Crippen LogP contribution in [0.4, 0.5) is 27.5 Å². The summed E-state index contributed by atoms with van der Waals surface area (Å²) in [7, 11) is 0. The van der Waals surface area contributed by atoms with Crippen molar-refractivity contribution in [3.63, 3.8) is 0 Å². The summed E-state index contributed by atoms with van der Waals surface area (Å²) in [5, 5.41) is 19.2. The molecule has 34 heavy (non-hydrogen) atoms. The molecule has 2 aromatic rings. The van der Waals surface area contributed by atoms with E-state index in [1.165, 1.54) is 30.7 Å². The number of rotatable bonds is 7. The summed E-state index contributed by atoms with van der Waals surface area (Å²) in [6.45, 7) is 2.96. The highest BCUT2D eigenvalue weighted by Gasteiger charge is 2.22. The number of nitro benzene ring substituents is 1. The maximum Gasteiger partial charge on any atom is 0.323 e. The molecule has 10 nitrogen and oxygen atoms in total. The Bertz CT molecular complexity index is 1030. The van der Waals surface area contributed by atoms with Crippen molar-refractivity contribution in [2.75, 3.05) is 41.8 Å². The number of carbonyl (C=O) groups excluding carboxylic acids is 2. The van der Waals surface area contributed by atoms with E-state index in [1.54, 1.807) is 12.1 Å². The lowest BCUT2D eigenvalue weighted by Crippen LogP contribution is -2.35. The first-order valence-corrected chi connectivity index (χ1v) is 11.6. The number of ether oxygens (including phenoxy) is 1. The Balaban J connectivity index is 1.46. The van der Waals surface area contributed by atoms with Crippen LogP contribution in [0.1, 0.15) is 42.5 Å². The Morgan fingerprint density at radius 1 is 1.00 bits per heavy atom. The summed E-state index contributed by atoms with van der Waals surface area (Å²) in [4.78, 5) is 38.1. The van der Waals surface area contributed by atoms with Crippen molar-refractivity contribution >= 4 is 34.7 Å². The van der Waals surface area contributed by atoms with E-state index in [2.05, 4.69) is 20.9 Å². The van der Waals surface area contributed by atoms with Crippen molar-refractivity contribution < 1.29 is 19.2 Å². The van der Waals surface area contributed by atoms with Crippen molar-refractivity contribution in [1.82, 2.24) is 5.32 Å². The van der Waals surface area contributed by atoms with E-state index in [4.69, 9.17) is 4.74 Å². The van der Waals surface area contributed by atoms with Gasteiger partial charge in [-0.1, -0.05) is 0 Å². The van der Waals surface area contributed by atoms with Crippen molar-refractivity contribution in [2.24, 2.45) is 0 Å². The molecule has 10 heteroatoms. The van der Waals surface area contributed by atoms with Crippen LogP contribution in [0, 0.1) is 10.1 Å². The number of non-ortho nitro benzene ring substituents is 1. The van der Waals surface area contributed by atoms with Gasteiger partial charge in [-0.15, -0.1) is 0 Å². The molecule has 0 radical (unpaired) electrons. The number of nitrogens with one attached hydrogen (secondary N) is 3. The van der Waals surface area contributed by atoms with Gasteiger partial charge in [-0.2, -0.15) is 0 Å². The fourth-order valence-electron chi connectivity index (χ4n) is 4.27. The van der Waals surface area contributed by atoms with Gasteiger partial charge in [0.2, 0.25) is 0 Å². The molecule has 2 saturated heterocycles.